The maximum atomic E-state index is 10.6. The van der Waals surface area contributed by atoms with E-state index in [1.54, 1.807) is 6.92 Å². The molecule has 1 rings (SSSR count). The molecule has 4 nitrogen and oxygen atoms in total. The van der Waals surface area contributed by atoms with Crippen molar-refractivity contribution in [3.05, 3.63) is 32.6 Å². The van der Waals surface area contributed by atoms with E-state index in [2.05, 4.69) is 29.6 Å². The van der Waals surface area contributed by atoms with Gasteiger partial charge in [-0.1, -0.05) is 19.6 Å². The van der Waals surface area contributed by atoms with Crippen LogP contribution >= 0.6 is 11.1 Å². The molecule has 0 aliphatic heterocycles. The highest BCUT2D eigenvalue weighted by Crippen LogP contribution is 2.03. The highest BCUT2D eigenvalue weighted by Gasteiger charge is 2.04. The lowest BCUT2D eigenvalue weighted by molar-refractivity contribution is 1.01. The van der Waals surface area contributed by atoms with E-state index in [0.717, 1.165) is 0 Å². The molecule has 1 heterocycles. The third-order valence-electron chi connectivity index (χ3n) is 1.00. The van der Waals surface area contributed by atoms with Gasteiger partial charge in [0, 0.05) is 11.8 Å². The summed E-state index contributed by atoms with van der Waals surface area (Å²) in [5, 5.41) is 0. The zero-order chi connectivity index (χ0) is 11.4. The van der Waals surface area contributed by atoms with Crippen LogP contribution in [-0.2, 0) is 0 Å². The number of hydrogen-bond acceptors (Lipinski definition) is 2. The Labute approximate surface area is 88.0 Å². The van der Waals surface area contributed by atoms with Gasteiger partial charge in [0.1, 0.15) is 7.38 Å². The molecule has 1 aromatic rings. The number of rotatable bonds is 0. The van der Waals surface area contributed by atoms with Gasteiger partial charge in [-0.25, -0.2) is 4.79 Å². The molecule has 14 heavy (non-hydrogen) atoms. The molecule has 0 aliphatic rings. The van der Waals surface area contributed by atoms with Crippen LogP contribution < -0.4 is 11.2 Å². The Bertz CT molecular complexity index is 385. The van der Waals surface area contributed by atoms with Crippen molar-refractivity contribution in [3.63, 3.8) is 0 Å². The molecule has 0 amide bonds. The summed E-state index contributed by atoms with van der Waals surface area (Å²) in [6.45, 7) is 7.90. The quantitative estimate of drug-likeness (QED) is 0.527. The maximum absolute atomic E-state index is 10.6. The topological polar surface area (TPSA) is 65.7 Å². The summed E-state index contributed by atoms with van der Waals surface area (Å²) in [6, 6.07) is 0. The van der Waals surface area contributed by atoms with Gasteiger partial charge < -0.3 is 4.98 Å². The molecule has 0 bridgehead atoms. The molecule has 0 atom stereocenters. The van der Waals surface area contributed by atoms with Crippen molar-refractivity contribution in [1.29, 1.82) is 0 Å². The van der Waals surface area contributed by atoms with Crippen LogP contribution in [0.5, 0.6) is 0 Å². The van der Waals surface area contributed by atoms with Gasteiger partial charge in [0.15, 0.2) is 0 Å². The molecular formula is C8H15ClN2O2Si. The van der Waals surface area contributed by atoms with Crippen molar-refractivity contribution >= 4 is 18.5 Å². The fourth-order valence-corrected chi connectivity index (χ4v) is 0.477. The van der Waals surface area contributed by atoms with Gasteiger partial charge in [-0.05, 0) is 6.92 Å². The number of hydrogen-bond donors (Lipinski definition) is 2. The highest BCUT2D eigenvalue weighted by molar-refractivity contribution is 7.18. The van der Waals surface area contributed by atoms with Gasteiger partial charge in [0.2, 0.25) is 0 Å². The van der Waals surface area contributed by atoms with E-state index in [1.165, 1.54) is 6.20 Å². The number of halogens is 1. The molecule has 0 saturated carbocycles. The zero-order valence-corrected chi connectivity index (χ0v) is 10.5. The number of H-pyrrole nitrogens is 2. The number of nitrogens with one attached hydrogen (secondary N) is 2. The lowest BCUT2D eigenvalue weighted by Crippen LogP contribution is -2.22. The first-order valence-corrected chi connectivity index (χ1v) is 8.69. The summed E-state index contributed by atoms with van der Waals surface area (Å²) in [7, 11) is -1.14. The van der Waals surface area contributed by atoms with Crippen molar-refractivity contribution in [3.8, 4) is 0 Å². The third kappa shape index (κ3) is 7.82. The van der Waals surface area contributed by atoms with Gasteiger partial charge >= 0.3 is 5.69 Å². The first-order valence-electron chi connectivity index (χ1n) is 4.17. The molecule has 2 N–H and O–H groups in total. The summed E-state index contributed by atoms with van der Waals surface area (Å²) in [4.78, 5) is 25.3. The number of aromatic nitrogens is 2. The Kier molecular flexibility index (Phi) is 4.86. The molecule has 0 aromatic carbocycles. The monoisotopic (exact) mass is 234 g/mol. The standard InChI is InChI=1S/C5H6N2O2.C3H9ClSi/c1-3-2-6-5(9)7-4(3)8;1-5(2,3)4/h2H,1H3,(H2,6,7,8,9);1-3H3. The normalized spacial score (nSPS) is 10.4. The predicted molar refractivity (Wildman–Crippen MR) is 61.6 cm³/mol. The Balaban J connectivity index is 0.000000292. The zero-order valence-electron chi connectivity index (χ0n) is 8.77. The van der Waals surface area contributed by atoms with Crippen LogP contribution in [0.3, 0.4) is 0 Å². The van der Waals surface area contributed by atoms with E-state index in [9.17, 15) is 9.59 Å². The summed E-state index contributed by atoms with van der Waals surface area (Å²) >= 11 is 5.67. The van der Waals surface area contributed by atoms with Crippen LogP contribution in [0.4, 0.5) is 0 Å². The van der Waals surface area contributed by atoms with Gasteiger partial charge in [0.25, 0.3) is 5.56 Å². The Hall–Kier alpha value is -0.813. The average Bonchev–Trinajstić information content (AvgIpc) is 1.94. The Morgan fingerprint density at radius 3 is 2.00 bits per heavy atom. The second kappa shape index (κ2) is 5.16. The molecule has 0 saturated heterocycles. The first-order chi connectivity index (χ1) is 6.20. The van der Waals surface area contributed by atoms with Crippen molar-refractivity contribution < 1.29 is 0 Å². The van der Waals surface area contributed by atoms with Crippen molar-refractivity contribution in [1.82, 2.24) is 9.97 Å². The fraction of sp³-hybridized carbons (Fsp3) is 0.500. The Morgan fingerprint density at radius 2 is 1.71 bits per heavy atom. The molecule has 0 fully saturated rings. The van der Waals surface area contributed by atoms with Gasteiger partial charge in [-0.15, -0.1) is 0 Å². The van der Waals surface area contributed by atoms with Crippen LogP contribution in [0.1, 0.15) is 5.56 Å². The fourth-order valence-electron chi connectivity index (χ4n) is 0.477. The van der Waals surface area contributed by atoms with E-state index >= 15 is 0 Å². The van der Waals surface area contributed by atoms with E-state index in [1.807, 2.05) is 0 Å². The molecular weight excluding hydrogens is 220 g/mol. The third-order valence-corrected chi connectivity index (χ3v) is 1.00. The van der Waals surface area contributed by atoms with Crippen LogP contribution in [0, 0.1) is 6.92 Å². The minimum absolute atomic E-state index is 0.334. The number of aromatic amines is 2. The van der Waals surface area contributed by atoms with E-state index in [-0.39, 0.29) is 5.56 Å². The lowest BCUT2D eigenvalue weighted by Gasteiger charge is -1.97. The lowest BCUT2D eigenvalue weighted by atomic mass is 10.4. The smallest absolute Gasteiger partial charge is 0.314 e. The minimum atomic E-state index is -1.14. The molecule has 80 valence electrons. The second-order valence-electron chi connectivity index (χ2n) is 3.82. The van der Waals surface area contributed by atoms with E-state index in [4.69, 9.17) is 11.1 Å². The second-order valence-corrected chi connectivity index (χ2v) is 11.4. The number of aryl methyl sites for hydroxylation is 1. The predicted octanol–water partition coefficient (Wildman–Crippen LogP) is 1.43. The van der Waals surface area contributed by atoms with Crippen LogP contribution in [0.15, 0.2) is 15.8 Å². The average molecular weight is 235 g/mol. The summed E-state index contributed by atoms with van der Waals surface area (Å²) in [5.41, 5.74) is -0.293. The molecule has 0 spiro atoms. The van der Waals surface area contributed by atoms with Gasteiger partial charge in [-0.2, -0.15) is 11.1 Å². The van der Waals surface area contributed by atoms with E-state index in [0.29, 0.717) is 5.56 Å². The first kappa shape index (κ1) is 13.2. The molecule has 0 radical (unpaired) electrons. The molecule has 0 aliphatic carbocycles. The van der Waals surface area contributed by atoms with Crippen molar-refractivity contribution in [2.24, 2.45) is 0 Å². The SMILES string of the molecule is C[Si](C)(C)Cl.Cc1c[nH]c(=O)[nH]c1=O. The largest absolute Gasteiger partial charge is 0.325 e. The summed E-state index contributed by atoms with van der Waals surface area (Å²) in [6.07, 6.45) is 1.38. The summed E-state index contributed by atoms with van der Waals surface area (Å²) < 4.78 is 0. The molecule has 1 aromatic heterocycles. The van der Waals surface area contributed by atoms with Crippen molar-refractivity contribution in [2.75, 3.05) is 0 Å². The van der Waals surface area contributed by atoms with Crippen LogP contribution in [-0.4, -0.2) is 17.4 Å². The summed E-state index contributed by atoms with van der Waals surface area (Å²) in [5.74, 6) is 0. The van der Waals surface area contributed by atoms with E-state index < -0.39 is 13.1 Å². The molecule has 0 unspecified atom stereocenters. The van der Waals surface area contributed by atoms with Crippen LogP contribution in [0.25, 0.3) is 0 Å². The maximum Gasteiger partial charge on any atom is 0.325 e. The van der Waals surface area contributed by atoms with Gasteiger partial charge in [-0.3, -0.25) is 9.78 Å². The van der Waals surface area contributed by atoms with Crippen molar-refractivity contribution in [2.45, 2.75) is 26.6 Å². The Morgan fingerprint density at radius 1 is 1.29 bits per heavy atom. The molecule has 6 heteroatoms. The highest BCUT2D eigenvalue weighted by atomic mass is 35.6. The van der Waals surface area contributed by atoms with Gasteiger partial charge in [0.05, 0.1) is 0 Å². The van der Waals surface area contributed by atoms with Crippen LogP contribution in [0.2, 0.25) is 19.6 Å². The minimum Gasteiger partial charge on any atom is -0.314 e.